The van der Waals surface area contributed by atoms with Crippen LogP contribution in [0, 0.1) is 11.6 Å². The first-order valence-corrected chi connectivity index (χ1v) is 7.60. The van der Waals surface area contributed by atoms with Crippen molar-refractivity contribution in [1.29, 1.82) is 0 Å². The monoisotopic (exact) mass is 321 g/mol. The second-order valence-corrected chi connectivity index (χ2v) is 6.19. The van der Waals surface area contributed by atoms with Crippen LogP contribution in [0.4, 0.5) is 14.5 Å². The Kier molecular flexibility index (Phi) is 5.24. The highest BCUT2D eigenvalue weighted by molar-refractivity contribution is 7.89. The molecule has 118 valence electrons. The number of halogens is 2. The van der Waals surface area contributed by atoms with Crippen molar-refractivity contribution in [1.82, 2.24) is 9.62 Å². The number of anilines is 1. The van der Waals surface area contributed by atoms with E-state index in [2.05, 4.69) is 0 Å². The molecular formula is C12H17F2N3O3S. The van der Waals surface area contributed by atoms with E-state index in [0.29, 0.717) is 12.6 Å². The summed E-state index contributed by atoms with van der Waals surface area (Å²) >= 11 is 0. The summed E-state index contributed by atoms with van der Waals surface area (Å²) in [6.45, 7) is 3.41. The predicted octanol–water partition coefficient (Wildman–Crippen LogP) is 0.692. The molecule has 0 saturated carbocycles. The van der Waals surface area contributed by atoms with E-state index in [1.807, 2.05) is 4.72 Å². The first-order valence-electron chi connectivity index (χ1n) is 6.12. The van der Waals surface area contributed by atoms with Crippen molar-refractivity contribution in [3.63, 3.8) is 0 Å². The van der Waals surface area contributed by atoms with E-state index in [9.17, 15) is 22.0 Å². The lowest BCUT2D eigenvalue weighted by Crippen LogP contribution is -2.45. The summed E-state index contributed by atoms with van der Waals surface area (Å²) in [5.41, 5.74) is 5.07. The van der Waals surface area contributed by atoms with Gasteiger partial charge in [0.15, 0.2) is 11.6 Å². The van der Waals surface area contributed by atoms with Crippen LogP contribution >= 0.6 is 0 Å². The minimum atomic E-state index is -4.41. The summed E-state index contributed by atoms with van der Waals surface area (Å²) in [4.78, 5) is 12.2. The quantitative estimate of drug-likeness (QED) is 0.781. The number of amides is 1. The maximum Gasteiger partial charge on any atom is 0.244 e. The molecule has 0 aliphatic heterocycles. The van der Waals surface area contributed by atoms with Crippen LogP contribution in [0.2, 0.25) is 0 Å². The lowest BCUT2D eigenvalue weighted by molar-refractivity contribution is -0.131. The van der Waals surface area contributed by atoms with Gasteiger partial charge in [-0.1, -0.05) is 0 Å². The lowest BCUT2D eigenvalue weighted by atomic mass is 10.3. The maximum absolute atomic E-state index is 13.6. The van der Waals surface area contributed by atoms with E-state index in [1.165, 1.54) is 18.9 Å². The minimum Gasteiger partial charge on any atom is -0.399 e. The van der Waals surface area contributed by atoms with Crippen molar-refractivity contribution in [3.05, 3.63) is 23.8 Å². The van der Waals surface area contributed by atoms with Crippen LogP contribution in [-0.2, 0) is 14.8 Å². The van der Waals surface area contributed by atoms with E-state index in [1.54, 1.807) is 6.92 Å². The molecule has 1 amide bonds. The van der Waals surface area contributed by atoms with Gasteiger partial charge in [0.2, 0.25) is 15.9 Å². The fourth-order valence-electron chi connectivity index (χ4n) is 1.61. The van der Waals surface area contributed by atoms with Crippen molar-refractivity contribution < 1.29 is 22.0 Å². The molecule has 0 saturated heterocycles. The van der Waals surface area contributed by atoms with Gasteiger partial charge in [-0.05, 0) is 26.0 Å². The van der Waals surface area contributed by atoms with E-state index in [0.717, 1.165) is 6.07 Å². The highest BCUT2D eigenvalue weighted by atomic mass is 32.2. The summed E-state index contributed by atoms with van der Waals surface area (Å²) in [7, 11) is -2.92. The number of nitrogens with zero attached hydrogens (tertiary/aromatic N) is 1. The van der Waals surface area contributed by atoms with Crippen LogP contribution in [0.15, 0.2) is 17.0 Å². The first-order chi connectivity index (χ1) is 9.60. The molecule has 0 fully saturated rings. The number of nitrogens with one attached hydrogen (secondary N) is 1. The van der Waals surface area contributed by atoms with Gasteiger partial charge < -0.3 is 10.6 Å². The normalized spacial score (nSPS) is 13.0. The summed E-state index contributed by atoms with van der Waals surface area (Å²) < 4.78 is 52.9. The number of carbonyl (C=O) groups excluding carboxylic acids is 1. The number of carbonyl (C=O) groups is 1. The molecule has 0 aliphatic rings. The molecule has 1 aromatic carbocycles. The molecule has 9 heteroatoms. The molecule has 1 atom stereocenters. The Bertz CT molecular complexity index is 649. The highest BCUT2D eigenvalue weighted by Crippen LogP contribution is 2.21. The molecule has 21 heavy (non-hydrogen) atoms. The van der Waals surface area contributed by atoms with Gasteiger partial charge in [0.1, 0.15) is 4.90 Å². The van der Waals surface area contributed by atoms with Gasteiger partial charge in [-0.2, -0.15) is 4.72 Å². The van der Waals surface area contributed by atoms with Crippen LogP contribution in [0.25, 0.3) is 0 Å². The minimum absolute atomic E-state index is 0.237. The standard InChI is InChI=1S/C12H17F2N3O3S/c1-4-17(3)12(18)7(2)16-21(19,20)10-6-8(15)5-9(13)11(10)14/h5-7,16H,4,15H2,1-3H3. The Labute approximate surface area is 122 Å². The zero-order valence-electron chi connectivity index (χ0n) is 11.9. The van der Waals surface area contributed by atoms with Crippen molar-refractivity contribution in [3.8, 4) is 0 Å². The number of likely N-dealkylation sites (N-methyl/N-ethyl adjacent to an activating group) is 1. The molecule has 3 N–H and O–H groups in total. The predicted molar refractivity (Wildman–Crippen MR) is 73.9 cm³/mol. The molecule has 6 nitrogen and oxygen atoms in total. The first kappa shape index (κ1) is 17.3. The third kappa shape index (κ3) is 3.88. The largest absolute Gasteiger partial charge is 0.399 e. The van der Waals surface area contributed by atoms with Crippen LogP contribution in [0.3, 0.4) is 0 Å². The van der Waals surface area contributed by atoms with Gasteiger partial charge in [0.05, 0.1) is 6.04 Å². The SMILES string of the molecule is CCN(C)C(=O)C(C)NS(=O)(=O)c1cc(N)cc(F)c1F. The Balaban J connectivity index is 3.11. The van der Waals surface area contributed by atoms with Crippen LogP contribution < -0.4 is 10.5 Å². The van der Waals surface area contributed by atoms with Crippen LogP contribution in [-0.4, -0.2) is 38.9 Å². The number of sulfonamides is 1. The van der Waals surface area contributed by atoms with Crippen molar-refractivity contribution in [2.24, 2.45) is 0 Å². The molecule has 0 bridgehead atoms. The third-order valence-corrected chi connectivity index (χ3v) is 4.40. The zero-order chi connectivity index (χ0) is 16.4. The van der Waals surface area contributed by atoms with Crippen molar-refractivity contribution in [2.75, 3.05) is 19.3 Å². The molecule has 0 radical (unpaired) electrons. The topological polar surface area (TPSA) is 92.5 Å². The fourth-order valence-corrected chi connectivity index (χ4v) is 2.93. The fraction of sp³-hybridized carbons (Fsp3) is 0.417. The Morgan fingerprint density at radius 2 is 2.00 bits per heavy atom. The van der Waals surface area contributed by atoms with Gasteiger partial charge in [0.25, 0.3) is 0 Å². The third-order valence-electron chi connectivity index (χ3n) is 2.86. The van der Waals surface area contributed by atoms with Crippen molar-refractivity contribution in [2.45, 2.75) is 24.8 Å². The summed E-state index contributed by atoms with van der Waals surface area (Å²) in [6, 6.07) is 0.346. The van der Waals surface area contributed by atoms with E-state index >= 15 is 0 Å². The lowest BCUT2D eigenvalue weighted by Gasteiger charge is -2.20. The van der Waals surface area contributed by atoms with Crippen LogP contribution in [0.5, 0.6) is 0 Å². The van der Waals surface area contributed by atoms with E-state index < -0.39 is 38.5 Å². The van der Waals surface area contributed by atoms with Crippen LogP contribution in [0.1, 0.15) is 13.8 Å². The second-order valence-electron chi connectivity index (χ2n) is 4.51. The summed E-state index contributed by atoms with van der Waals surface area (Å²) in [6.07, 6.45) is 0. The molecule has 0 spiro atoms. The number of rotatable bonds is 5. The Morgan fingerprint density at radius 3 is 2.52 bits per heavy atom. The van der Waals surface area contributed by atoms with Gasteiger partial charge >= 0.3 is 0 Å². The van der Waals surface area contributed by atoms with Gasteiger partial charge in [-0.15, -0.1) is 0 Å². The van der Waals surface area contributed by atoms with Crippen molar-refractivity contribution >= 4 is 21.6 Å². The maximum atomic E-state index is 13.6. The molecule has 1 unspecified atom stereocenters. The average molecular weight is 321 g/mol. The average Bonchev–Trinajstić information content (AvgIpc) is 2.40. The number of hydrogen-bond acceptors (Lipinski definition) is 4. The van der Waals surface area contributed by atoms with Gasteiger partial charge in [-0.3, -0.25) is 4.79 Å². The number of benzene rings is 1. The number of hydrogen-bond donors (Lipinski definition) is 2. The highest BCUT2D eigenvalue weighted by Gasteiger charge is 2.27. The molecule has 0 aromatic heterocycles. The molecule has 0 heterocycles. The van der Waals surface area contributed by atoms with E-state index in [-0.39, 0.29) is 5.69 Å². The smallest absolute Gasteiger partial charge is 0.244 e. The van der Waals surface area contributed by atoms with E-state index in [4.69, 9.17) is 5.73 Å². The molecule has 1 rings (SSSR count). The second kappa shape index (κ2) is 6.35. The molecular weight excluding hydrogens is 304 g/mol. The zero-order valence-corrected chi connectivity index (χ0v) is 12.7. The number of nitrogens with two attached hydrogens (primary N) is 1. The number of nitrogen functional groups attached to an aromatic ring is 1. The summed E-state index contributed by atoms with van der Waals surface area (Å²) in [5, 5.41) is 0. The molecule has 0 aliphatic carbocycles. The Morgan fingerprint density at radius 1 is 1.43 bits per heavy atom. The summed E-state index contributed by atoms with van der Waals surface area (Å²) in [5.74, 6) is -3.41. The Hall–Kier alpha value is -1.74. The van der Waals surface area contributed by atoms with Gasteiger partial charge in [-0.25, -0.2) is 17.2 Å². The molecule has 1 aromatic rings. The van der Waals surface area contributed by atoms with Gasteiger partial charge in [0, 0.05) is 19.3 Å².